The van der Waals surface area contributed by atoms with Crippen LogP contribution < -0.4 is 26.6 Å². The maximum absolute atomic E-state index is 12.5. The molecule has 0 aromatic carbocycles. The van der Waals surface area contributed by atoms with Gasteiger partial charge in [-0.2, -0.15) is 0 Å². The second-order valence-electron chi connectivity index (χ2n) is 16.5. The van der Waals surface area contributed by atoms with Gasteiger partial charge in [0, 0.05) is 45.1 Å². The number of Topliss-reactive ketones (excluding diaryl/α,β-unsaturated/α-hetero) is 1. The Hall–Kier alpha value is -5.71. The Labute approximate surface area is 397 Å². The Kier molecular flexibility index (Phi) is 36.0. The fourth-order valence-corrected chi connectivity index (χ4v) is 6.66. The normalized spacial score (nSPS) is 12.7. The van der Waals surface area contributed by atoms with Gasteiger partial charge in [0.1, 0.15) is 36.6 Å². The number of nitrogens with one attached hydrogen (secondary N) is 5. The number of carbonyl (C=O) groups is 11. The van der Waals surface area contributed by atoms with Crippen LogP contribution in [0.15, 0.2) is 0 Å². The van der Waals surface area contributed by atoms with Crippen molar-refractivity contribution in [3.05, 3.63) is 0 Å². The van der Waals surface area contributed by atoms with Crippen LogP contribution in [0.4, 0.5) is 0 Å². The number of carboxylic acids is 5. The van der Waals surface area contributed by atoms with E-state index in [1.165, 1.54) is 32.6 Å². The topological polar surface area (TPSA) is 368 Å². The van der Waals surface area contributed by atoms with Gasteiger partial charge in [-0.3, -0.25) is 28.8 Å². The van der Waals surface area contributed by atoms with Gasteiger partial charge in [0.15, 0.2) is 0 Å². The first-order valence-electron chi connectivity index (χ1n) is 23.5. The zero-order chi connectivity index (χ0) is 51.1. The molecule has 0 aromatic rings. The van der Waals surface area contributed by atoms with Crippen LogP contribution in [0, 0.1) is 0 Å². The molecule has 0 aliphatic rings. The number of amides is 5. The van der Waals surface area contributed by atoms with Crippen molar-refractivity contribution in [2.45, 2.75) is 185 Å². The van der Waals surface area contributed by atoms with E-state index in [1.807, 2.05) is 0 Å². The molecule has 10 N–H and O–H groups in total. The predicted octanol–water partition coefficient (Wildman–Crippen LogP) is 2.45. The van der Waals surface area contributed by atoms with Crippen molar-refractivity contribution in [3.63, 3.8) is 0 Å². The van der Waals surface area contributed by atoms with Crippen molar-refractivity contribution < 1.29 is 87.7 Å². The van der Waals surface area contributed by atoms with Crippen molar-refractivity contribution in [3.8, 4) is 0 Å². The fraction of sp³-hybridized carbons (Fsp3) is 0.756. The number of carboxylic acid groups (broad SMARTS) is 5. The summed E-state index contributed by atoms with van der Waals surface area (Å²) in [7, 11) is 0. The van der Waals surface area contributed by atoms with E-state index < -0.39 is 96.6 Å². The Morgan fingerprint density at radius 3 is 1.07 bits per heavy atom. The van der Waals surface area contributed by atoms with Crippen LogP contribution in [-0.4, -0.2) is 148 Å². The number of ketones is 1. The van der Waals surface area contributed by atoms with Gasteiger partial charge in [-0.1, -0.05) is 77.0 Å². The highest BCUT2D eigenvalue weighted by atomic mass is 16.5. The van der Waals surface area contributed by atoms with Crippen molar-refractivity contribution in [1.29, 1.82) is 0 Å². The minimum absolute atomic E-state index is 0.00625. The van der Waals surface area contributed by atoms with Crippen LogP contribution in [0.5, 0.6) is 0 Å². The number of aliphatic carboxylic acids is 5. The maximum atomic E-state index is 12.5. The van der Waals surface area contributed by atoms with Crippen LogP contribution in [-0.2, 0) is 62.2 Å². The highest BCUT2D eigenvalue weighted by Crippen LogP contribution is 2.14. The van der Waals surface area contributed by atoms with Crippen LogP contribution in [0.25, 0.3) is 0 Å². The summed E-state index contributed by atoms with van der Waals surface area (Å²) in [5, 5.41) is 58.0. The van der Waals surface area contributed by atoms with Gasteiger partial charge in [-0.05, 0) is 45.4 Å². The molecule has 5 amide bonds. The molecule has 0 aromatic heterocycles. The van der Waals surface area contributed by atoms with Gasteiger partial charge in [-0.25, -0.2) is 19.2 Å². The molecule has 0 aliphatic heterocycles. The SMILES string of the molecule is CC(=O)CC[C@H](NC(=O)CC[C@H](NC(=O)COCCOCCNC(=O)CC[C@H](NC(=O)CC[C@H](NC(=O)CCCCCCCCCCCCCCCCC(=O)O)C(=O)O)C(=O)O)C(=O)O)C(=O)O. The quantitative estimate of drug-likeness (QED) is 0.0392. The zero-order valence-electron chi connectivity index (χ0n) is 39.4. The van der Waals surface area contributed by atoms with Gasteiger partial charge < -0.3 is 66.4 Å². The van der Waals surface area contributed by atoms with Gasteiger partial charge in [0.05, 0.1) is 19.8 Å². The molecular weight excluding hydrogens is 899 g/mol. The van der Waals surface area contributed by atoms with Gasteiger partial charge in [0.2, 0.25) is 29.5 Å². The van der Waals surface area contributed by atoms with E-state index in [4.69, 9.17) is 14.6 Å². The van der Waals surface area contributed by atoms with E-state index >= 15 is 0 Å². The largest absolute Gasteiger partial charge is 0.481 e. The summed E-state index contributed by atoms with van der Waals surface area (Å²) in [5.74, 6) is -9.89. The summed E-state index contributed by atoms with van der Waals surface area (Å²) in [6.45, 7) is 0.632. The summed E-state index contributed by atoms with van der Waals surface area (Å²) in [5.41, 5.74) is 0. The highest BCUT2D eigenvalue weighted by molar-refractivity contribution is 5.88. The average Bonchev–Trinajstić information content (AvgIpc) is 3.26. The van der Waals surface area contributed by atoms with E-state index in [9.17, 15) is 73.2 Å². The molecule has 0 rings (SSSR count). The average molecular weight is 974 g/mol. The molecule has 0 bridgehead atoms. The second-order valence-corrected chi connectivity index (χ2v) is 16.5. The first kappa shape index (κ1) is 62.3. The molecule has 68 heavy (non-hydrogen) atoms. The summed E-state index contributed by atoms with van der Waals surface area (Å²) in [4.78, 5) is 130. The molecule has 4 atom stereocenters. The molecule has 0 unspecified atom stereocenters. The Balaban J connectivity index is 4.23. The number of carbonyl (C=O) groups excluding carboxylic acids is 6. The third kappa shape index (κ3) is 36.4. The number of hydrogen-bond acceptors (Lipinski definition) is 13. The Morgan fingerprint density at radius 1 is 0.368 bits per heavy atom. The van der Waals surface area contributed by atoms with E-state index in [-0.39, 0.29) is 89.9 Å². The molecule has 0 fully saturated rings. The van der Waals surface area contributed by atoms with E-state index in [0.717, 1.165) is 57.8 Å². The molecule has 0 radical (unpaired) electrons. The molecule has 23 nitrogen and oxygen atoms in total. The number of rotatable bonds is 45. The standard InChI is InChI=1S/C45H75N5O18/c1-31(51)18-19-32(42(59)60)48-38(54)25-22-35(45(65)66)50-40(56)30-68-29-28-67-27-26-46-36(52)23-20-33(43(61)62)49-39(55)24-21-34(44(63)64)47-37(53)16-14-12-10-8-6-4-2-3-5-7-9-11-13-15-17-41(57)58/h32-35H,2-30H2,1H3,(H,46,52)(H,47,53)(H,48,54)(H,49,55)(H,50,56)(H,57,58)(H,59,60)(H,61,62)(H,63,64)(H,65,66)/t32-,33-,34-,35-/m0/s1. The zero-order valence-corrected chi connectivity index (χ0v) is 39.4. The van der Waals surface area contributed by atoms with Crippen LogP contribution in [0.2, 0.25) is 0 Å². The molecule has 23 heteroatoms. The third-order valence-corrected chi connectivity index (χ3v) is 10.5. The Morgan fingerprint density at radius 2 is 0.691 bits per heavy atom. The lowest BCUT2D eigenvalue weighted by Gasteiger charge is -2.17. The molecule has 388 valence electrons. The third-order valence-electron chi connectivity index (χ3n) is 10.5. The van der Waals surface area contributed by atoms with Gasteiger partial charge in [-0.15, -0.1) is 0 Å². The molecule has 0 aliphatic carbocycles. The summed E-state index contributed by atoms with van der Waals surface area (Å²) in [6, 6.07) is -5.60. The van der Waals surface area contributed by atoms with Gasteiger partial charge >= 0.3 is 29.8 Å². The molecule has 0 heterocycles. The fourth-order valence-electron chi connectivity index (χ4n) is 6.66. The van der Waals surface area contributed by atoms with E-state index in [0.29, 0.717) is 6.42 Å². The molecule has 0 saturated heterocycles. The monoisotopic (exact) mass is 974 g/mol. The minimum Gasteiger partial charge on any atom is -0.481 e. The van der Waals surface area contributed by atoms with Gasteiger partial charge in [0.25, 0.3) is 0 Å². The van der Waals surface area contributed by atoms with Crippen LogP contribution in [0.1, 0.15) is 161 Å². The van der Waals surface area contributed by atoms with Crippen molar-refractivity contribution >= 4 is 65.2 Å². The second kappa shape index (κ2) is 39.3. The lowest BCUT2D eigenvalue weighted by molar-refractivity contribution is -0.144. The number of ether oxygens (including phenoxy) is 2. The van der Waals surface area contributed by atoms with Crippen molar-refractivity contribution in [2.75, 3.05) is 33.0 Å². The highest BCUT2D eigenvalue weighted by Gasteiger charge is 2.26. The lowest BCUT2D eigenvalue weighted by atomic mass is 10.0. The predicted molar refractivity (Wildman–Crippen MR) is 242 cm³/mol. The van der Waals surface area contributed by atoms with Crippen molar-refractivity contribution in [2.24, 2.45) is 0 Å². The van der Waals surface area contributed by atoms with Crippen molar-refractivity contribution in [1.82, 2.24) is 26.6 Å². The first-order chi connectivity index (χ1) is 32.3. The summed E-state index contributed by atoms with van der Waals surface area (Å²) >= 11 is 0. The summed E-state index contributed by atoms with van der Waals surface area (Å²) in [6.07, 6.45) is 12.5. The summed E-state index contributed by atoms with van der Waals surface area (Å²) < 4.78 is 10.4. The van der Waals surface area contributed by atoms with Crippen LogP contribution >= 0.6 is 0 Å². The molecule has 0 saturated carbocycles. The minimum atomic E-state index is -1.47. The lowest BCUT2D eigenvalue weighted by Crippen LogP contribution is -2.45. The van der Waals surface area contributed by atoms with Crippen LogP contribution in [0.3, 0.4) is 0 Å². The molecule has 0 spiro atoms. The van der Waals surface area contributed by atoms with E-state index in [1.54, 1.807) is 0 Å². The Bertz CT molecular complexity index is 1590. The number of hydrogen-bond donors (Lipinski definition) is 10. The smallest absolute Gasteiger partial charge is 0.326 e. The maximum Gasteiger partial charge on any atom is 0.326 e. The first-order valence-corrected chi connectivity index (χ1v) is 23.5. The number of unbranched alkanes of at least 4 members (excludes halogenated alkanes) is 13. The molecular formula is C45H75N5O18. The van der Waals surface area contributed by atoms with E-state index in [2.05, 4.69) is 26.6 Å².